The van der Waals surface area contributed by atoms with Crippen molar-refractivity contribution in [2.24, 2.45) is 10.9 Å². The van der Waals surface area contributed by atoms with E-state index in [-0.39, 0.29) is 17.8 Å². The van der Waals surface area contributed by atoms with Crippen molar-refractivity contribution < 1.29 is 14.7 Å². The van der Waals surface area contributed by atoms with E-state index >= 15 is 0 Å². The van der Waals surface area contributed by atoms with Crippen LogP contribution in [0.3, 0.4) is 0 Å². The number of amidine groups is 1. The Kier molecular flexibility index (Phi) is 4.74. The van der Waals surface area contributed by atoms with E-state index in [1.54, 1.807) is 13.8 Å². The van der Waals surface area contributed by atoms with Gasteiger partial charge in [-0.2, -0.15) is 0 Å². The van der Waals surface area contributed by atoms with Crippen LogP contribution in [0.5, 0.6) is 0 Å². The lowest BCUT2D eigenvalue weighted by Gasteiger charge is -2.27. The van der Waals surface area contributed by atoms with Gasteiger partial charge in [0.15, 0.2) is 5.84 Å². The molecule has 1 saturated heterocycles. The minimum atomic E-state index is -0.847. The average Bonchev–Trinajstić information content (AvgIpc) is 2.28. The van der Waals surface area contributed by atoms with E-state index in [9.17, 15) is 4.79 Å². The highest BCUT2D eigenvalue weighted by Gasteiger charge is 2.27. The molecule has 0 aromatic rings. The molecule has 0 radical (unpaired) electrons. The molecule has 1 rings (SSSR count). The Hall–Kier alpha value is -1.30. The van der Waals surface area contributed by atoms with Crippen molar-refractivity contribution in [1.82, 2.24) is 5.32 Å². The van der Waals surface area contributed by atoms with E-state index in [2.05, 4.69) is 10.5 Å². The standard InChI is InChI=1S/C11H21N3O3/c1-11(2,10(12)14-16)13-9(15)7-8-5-3-4-6-17-8/h8,16H,3-7H2,1-2H3,(H2,12,14)(H,13,15). The molecule has 0 aromatic heterocycles. The van der Waals surface area contributed by atoms with E-state index in [4.69, 9.17) is 15.7 Å². The van der Waals surface area contributed by atoms with Gasteiger partial charge < -0.3 is 21.0 Å². The molecule has 98 valence electrons. The zero-order chi connectivity index (χ0) is 12.9. The number of hydrogen-bond acceptors (Lipinski definition) is 4. The van der Waals surface area contributed by atoms with Gasteiger partial charge in [0.05, 0.1) is 18.1 Å². The lowest BCUT2D eigenvalue weighted by atomic mass is 10.0. The van der Waals surface area contributed by atoms with Gasteiger partial charge in [-0.3, -0.25) is 4.79 Å². The van der Waals surface area contributed by atoms with Crippen LogP contribution in [0.25, 0.3) is 0 Å². The molecule has 0 saturated carbocycles. The second-order valence-electron chi connectivity index (χ2n) is 4.85. The fourth-order valence-corrected chi connectivity index (χ4v) is 1.76. The summed E-state index contributed by atoms with van der Waals surface area (Å²) < 4.78 is 5.48. The normalized spacial score (nSPS) is 22.2. The lowest BCUT2D eigenvalue weighted by Crippen LogP contribution is -2.53. The molecular weight excluding hydrogens is 222 g/mol. The summed E-state index contributed by atoms with van der Waals surface area (Å²) in [5.41, 5.74) is 4.64. The summed E-state index contributed by atoms with van der Waals surface area (Å²) in [5.74, 6) is -0.163. The van der Waals surface area contributed by atoms with Crippen molar-refractivity contribution in [3.05, 3.63) is 0 Å². The van der Waals surface area contributed by atoms with E-state index < -0.39 is 5.54 Å². The molecule has 6 nitrogen and oxygen atoms in total. The van der Waals surface area contributed by atoms with Gasteiger partial charge in [-0.25, -0.2) is 0 Å². The van der Waals surface area contributed by atoms with Crippen LogP contribution in [0.4, 0.5) is 0 Å². The smallest absolute Gasteiger partial charge is 0.223 e. The number of amides is 1. The quantitative estimate of drug-likeness (QED) is 0.291. The van der Waals surface area contributed by atoms with Gasteiger partial charge in [0.25, 0.3) is 0 Å². The Morgan fingerprint density at radius 2 is 2.29 bits per heavy atom. The molecule has 4 N–H and O–H groups in total. The van der Waals surface area contributed by atoms with Crippen LogP contribution in [0.15, 0.2) is 5.16 Å². The molecular formula is C11H21N3O3. The molecule has 1 unspecified atom stereocenters. The second-order valence-corrected chi connectivity index (χ2v) is 4.85. The summed E-state index contributed by atoms with van der Waals surface area (Å²) in [5, 5.41) is 14.2. The largest absolute Gasteiger partial charge is 0.409 e. The Labute approximate surface area is 101 Å². The van der Waals surface area contributed by atoms with E-state index in [0.717, 1.165) is 25.9 Å². The number of ether oxygens (including phenoxy) is 1. The molecule has 6 heteroatoms. The maximum absolute atomic E-state index is 11.8. The zero-order valence-corrected chi connectivity index (χ0v) is 10.4. The minimum Gasteiger partial charge on any atom is -0.409 e. The molecule has 0 spiro atoms. The summed E-state index contributed by atoms with van der Waals surface area (Å²) >= 11 is 0. The average molecular weight is 243 g/mol. The molecule has 1 atom stereocenters. The van der Waals surface area contributed by atoms with Crippen LogP contribution in [0.2, 0.25) is 0 Å². The SMILES string of the molecule is CC(C)(NC(=O)CC1CCCCO1)C(N)=NO. The number of nitrogens with zero attached hydrogens (tertiary/aromatic N) is 1. The van der Waals surface area contributed by atoms with Gasteiger partial charge >= 0.3 is 0 Å². The van der Waals surface area contributed by atoms with E-state index in [0.29, 0.717) is 6.42 Å². The topological polar surface area (TPSA) is 96.9 Å². The number of hydrogen-bond donors (Lipinski definition) is 3. The third-order valence-corrected chi connectivity index (χ3v) is 2.89. The molecule has 1 amide bonds. The summed E-state index contributed by atoms with van der Waals surface area (Å²) in [6.45, 7) is 4.09. The van der Waals surface area contributed by atoms with Gasteiger partial charge in [-0.1, -0.05) is 5.16 Å². The number of nitrogens with two attached hydrogens (primary N) is 1. The Balaban J connectivity index is 2.43. The van der Waals surface area contributed by atoms with Crippen molar-refractivity contribution in [2.75, 3.05) is 6.61 Å². The third kappa shape index (κ3) is 4.22. The van der Waals surface area contributed by atoms with Crippen LogP contribution < -0.4 is 11.1 Å². The Morgan fingerprint density at radius 1 is 1.59 bits per heavy atom. The van der Waals surface area contributed by atoms with E-state index in [1.165, 1.54) is 0 Å². The molecule has 1 aliphatic rings. The predicted molar refractivity (Wildman–Crippen MR) is 63.8 cm³/mol. The first-order valence-corrected chi connectivity index (χ1v) is 5.86. The Morgan fingerprint density at radius 3 is 2.82 bits per heavy atom. The first-order chi connectivity index (χ1) is 7.95. The number of oxime groups is 1. The summed E-state index contributed by atoms with van der Waals surface area (Å²) in [4.78, 5) is 11.8. The van der Waals surface area contributed by atoms with Crippen LogP contribution in [-0.4, -0.2) is 35.2 Å². The number of carbonyl (C=O) groups is 1. The van der Waals surface area contributed by atoms with Crippen molar-refractivity contribution in [1.29, 1.82) is 0 Å². The minimum absolute atomic E-state index is 0.00756. The van der Waals surface area contributed by atoms with Gasteiger partial charge in [-0.05, 0) is 33.1 Å². The molecule has 1 aliphatic heterocycles. The van der Waals surface area contributed by atoms with Gasteiger partial charge in [0, 0.05) is 6.61 Å². The molecule has 0 aliphatic carbocycles. The van der Waals surface area contributed by atoms with Crippen LogP contribution in [-0.2, 0) is 9.53 Å². The van der Waals surface area contributed by atoms with Crippen molar-refractivity contribution in [2.45, 2.75) is 51.2 Å². The third-order valence-electron chi connectivity index (χ3n) is 2.89. The maximum Gasteiger partial charge on any atom is 0.223 e. The summed E-state index contributed by atoms with van der Waals surface area (Å²) in [6, 6.07) is 0. The summed E-state index contributed by atoms with van der Waals surface area (Å²) in [6.07, 6.45) is 3.39. The highest BCUT2D eigenvalue weighted by atomic mass is 16.5. The van der Waals surface area contributed by atoms with Crippen molar-refractivity contribution in [3.8, 4) is 0 Å². The lowest BCUT2D eigenvalue weighted by molar-refractivity contribution is -0.125. The Bertz CT molecular complexity index is 296. The van der Waals surface area contributed by atoms with Crippen LogP contribution >= 0.6 is 0 Å². The van der Waals surface area contributed by atoms with E-state index in [1.807, 2.05) is 0 Å². The van der Waals surface area contributed by atoms with Crippen molar-refractivity contribution in [3.63, 3.8) is 0 Å². The zero-order valence-electron chi connectivity index (χ0n) is 10.4. The molecule has 17 heavy (non-hydrogen) atoms. The molecule has 1 fully saturated rings. The van der Waals surface area contributed by atoms with Gasteiger partial charge in [0.1, 0.15) is 0 Å². The monoisotopic (exact) mass is 243 g/mol. The highest BCUT2D eigenvalue weighted by molar-refractivity contribution is 5.93. The first-order valence-electron chi connectivity index (χ1n) is 5.86. The predicted octanol–water partition coefficient (Wildman–Crippen LogP) is 0.587. The molecule has 0 aromatic carbocycles. The van der Waals surface area contributed by atoms with Crippen LogP contribution in [0.1, 0.15) is 39.5 Å². The number of carbonyl (C=O) groups excluding carboxylic acids is 1. The molecule has 0 bridgehead atoms. The fourth-order valence-electron chi connectivity index (χ4n) is 1.76. The number of nitrogens with one attached hydrogen (secondary N) is 1. The molecule has 1 heterocycles. The fraction of sp³-hybridized carbons (Fsp3) is 0.818. The highest BCUT2D eigenvalue weighted by Crippen LogP contribution is 2.16. The first kappa shape index (κ1) is 13.8. The maximum atomic E-state index is 11.8. The number of rotatable bonds is 4. The van der Waals surface area contributed by atoms with Gasteiger partial charge in [0.2, 0.25) is 5.91 Å². The van der Waals surface area contributed by atoms with Gasteiger partial charge in [-0.15, -0.1) is 0 Å². The summed E-state index contributed by atoms with van der Waals surface area (Å²) in [7, 11) is 0. The van der Waals surface area contributed by atoms with Crippen molar-refractivity contribution >= 4 is 11.7 Å². The van der Waals surface area contributed by atoms with Crippen LogP contribution in [0, 0.1) is 0 Å². The second kappa shape index (κ2) is 5.86.